The number of nitriles is 1. The molecule has 1 aromatic rings. The number of hydrogen-bond donors (Lipinski definition) is 1. The molecule has 1 aromatic carbocycles. The lowest BCUT2D eigenvalue weighted by Gasteiger charge is -2.27. The Balaban J connectivity index is 1.68. The maximum Gasteiger partial charge on any atom is 0.225 e. The van der Waals surface area contributed by atoms with Gasteiger partial charge in [-0.3, -0.25) is 4.79 Å². The molecule has 22 heavy (non-hydrogen) atoms. The standard InChI is InChI=1S/C17H23N3O2/c1-20(13-16-4-2-3-11-22-16)10-9-17(21)19-15-7-5-14(12-18)6-8-15/h5-8,16H,2-4,9-11,13H2,1H3,(H,19,21). The number of benzene rings is 1. The number of hydrogen-bond acceptors (Lipinski definition) is 4. The first kappa shape index (κ1) is 16.5. The van der Waals surface area contributed by atoms with Crippen LogP contribution in [0.2, 0.25) is 0 Å². The molecule has 0 aliphatic carbocycles. The van der Waals surface area contributed by atoms with Gasteiger partial charge in [0.25, 0.3) is 0 Å². The molecule has 0 aromatic heterocycles. The Morgan fingerprint density at radius 3 is 2.82 bits per heavy atom. The first-order valence-electron chi connectivity index (χ1n) is 7.77. The number of carbonyl (C=O) groups is 1. The van der Waals surface area contributed by atoms with E-state index in [1.807, 2.05) is 7.05 Å². The van der Waals surface area contributed by atoms with Crippen LogP contribution in [0.5, 0.6) is 0 Å². The Hall–Kier alpha value is -1.90. The molecule has 1 aliphatic heterocycles. The van der Waals surface area contributed by atoms with Gasteiger partial charge in [0.05, 0.1) is 17.7 Å². The molecule has 1 saturated heterocycles. The molecule has 1 N–H and O–H groups in total. The van der Waals surface area contributed by atoms with Gasteiger partial charge in [-0.05, 0) is 50.6 Å². The zero-order chi connectivity index (χ0) is 15.8. The van der Waals surface area contributed by atoms with Crippen molar-refractivity contribution in [3.8, 4) is 6.07 Å². The van der Waals surface area contributed by atoms with E-state index >= 15 is 0 Å². The number of nitrogens with one attached hydrogen (secondary N) is 1. The van der Waals surface area contributed by atoms with Crippen LogP contribution in [-0.4, -0.2) is 43.7 Å². The van der Waals surface area contributed by atoms with E-state index in [1.165, 1.54) is 6.42 Å². The van der Waals surface area contributed by atoms with Gasteiger partial charge in [0.2, 0.25) is 5.91 Å². The summed E-state index contributed by atoms with van der Waals surface area (Å²) in [6.45, 7) is 2.45. The van der Waals surface area contributed by atoms with Crippen LogP contribution in [0.4, 0.5) is 5.69 Å². The van der Waals surface area contributed by atoms with Gasteiger partial charge in [-0.1, -0.05) is 0 Å². The summed E-state index contributed by atoms with van der Waals surface area (Å²) in [6, 6.07) is 8.94. The molecule has 0 bridgehead atoms. The van der Waals surface area contributed by atoms with Crippen molar-refractivity contribution < 1.29 is 9.53 Å². The zero-order valence-electron chi connectivity index (χ0n) is 13.0. The second-order valence-corrected chi connectivity index (χ2v) is 5.74. The van der Waals surface area contributed by atoms with Crippen molar-refractivity contribution in [2.75, 3.05) is 32.1 Å². The predicted octanol–water partition coefficient (Wildman–Crippen LogP) is 2.39. The van der Waals surface area contributed by atoms with E-state index in [9.17, 15) is 4.79 Å². The van der Waals surface area contributed by atoms with E-state index in [2.05, 4.69) is 16.3 Å². The molecule has 1 heterocycles. The van der Waals surface area contributed by atoms with E-state index in [-0.39, 0.29) is 5.91 Å². The van der Waals surface area contributed by atoms with Crippen LogP contribution in [0.25, 0.3) is 0 Å². The SMILES string of the molecule is CN(CCC(=O)Nc1ccc(C#N)cc1)CC1CCCCO1. The number of rotatable bonds is 6. The molecule has 5 heteroatoms. The third-order valence-corrected chi connectivity index (χ3v) is 3.81. The Labute approximate surface area is 131 Å². The molecule has 0 saturated carbocycles. The fourth-order valence-electron chi connectivity index (χ4n) is 2.53. The van der Waals surface area contributed by atoms with Crippen molar-refractivity contribution in [2.45, 2.75) is 31.8 Å². The van der Waals surface area contributed by atoms with Crippen molar-refractivity contribution >= 4 is 11.6 Å². The number of ether oxygens (including phenoxy) is 1. The lowest BCUT2D eigenvalue weighted by molar-refractivity contribution is -0.116. The normalized spacial score (nSPS) is 18.0. The van der Waals surface area contributed by atoms with Crippen LogP contribution in [-0.2, 0) is 9.53 Å². The molecule has 2 rings (SSSR count). The molecule has 1 aliphatic rings. The molecular formula is C17H23N3O2. The highest BCUT2D eigenvalue weighted by atomic mass is 16.5. The fourth-order valence-corrected chi connectivity index (χ4v) is 2.53. The summed E-state index contributed by atoms with van der Waals surface area (Å²) in [4.78, 5) is 14.1. The molecule has 0 radical (unpaired) electrons. The zero-order valence-corrected chi connectivity index (χ0v) is 13.0. The van der Waals surface area contributed by atoms with Gasteiger partial charge >= 0.3 is 0 Å². The minimum Gasteiger partial charge on any atom is -0.377 e. The summed E-state index contributed by atoms with van der Waals surface area (Å²) >= 11 is 0. The molecule has 1 fully saturated rings. The highest BCUT2D eigenvalue weighted by Gasteiger charge is 2.16. The van der Waals surface area contributed by atoms with Gasteiger partial charge < -0.3 is 15.0 Å². The van der Waals surface area contributed by atoms with Gasteiger partial charge in [0.1, 0.15) is 0 Å². The van der Waals surface area contributed by atoms with Crippen molar-refractivity contribution in [3.63, 3.8) is 0 Å². The summed E-state index contributed by atoms with van der Waals surface area (Å²) in [5, 5.41) is 11.6. The predicted molar refractivity (Wildman–Crippen MR) is 85.5 cm³/mol. The highest BCUT2D eigenvalue weighted by Crippen LogP contribution is 2.13. The number of amides is 1. The van der Waals surface area contributed by atoms with Crippen LogP contribution < -0.4 is 5.32 Å². The number of nitrogens with zero attached hydrogens (tertiary/aromatic N) is 2. The van der Waals surface area contributed by atoms with Crippen molar-refractivity contribution in [3.05, 3.63) is 29.8 Å². The summed E-state index contributed by atoms with van der Waals surface area (Å²) in [7, 11) is 2.02. The Morgan fingerprint density at radius 1 is 1.41 bits per heavy atom. The maximum absolute atomic E-state index is 11.9. The monoisotopic (exact) mass is 301 g/mol. The first-order valence-corrected chi connectivity index (χ1v) is 7.77. The minimum absolute atomic E-state index is 0.0129. The summed E-state index contributed by atoms with van der Waals surface area (Å²) < 4.78 is 5.70. The Kier molecular flexibility index (Phi) is 6.38. The highest BCUT2D eigenvalue weighted by molar-refractivity contribution is 5.90. The summed E-state index contributed by atoms with van der Waals surface area (Å²) in [5.41, 5.74) is 1.31. The van der Waals surface area contributed by atoms with Crippen molar-refractivity contribution in [2.24, 2.45) is 0 Å². The topological polar surface area (TPSA) is 65.4 Å². The summed E-state index contributed by atoms with van der Waals surface area (Å²) in [6.07, 6.45) is 4.26. The van der Waals surface area contributed by atoms with Crippen LogP contribution in [0.3, 0.4) is 0 Å². The minimum atomic E-state index is -0.0129. The van der Waals surface area contributed by atoms with E-state index in [1.54, 1.807) is 24.3 Å². The fraction of sp³-hybridized carbons (Fsp3) is 0.529. The van der Waals surface area contributed by atoms with Gasteiger partial charge in [0.15, 0.2) is 0 Å². The molecule has 1 unspecified atom stereocenters. The largest absolute Gasteiger partial charge is 0.377 e. The average Bonchev–Trinajstić information content (AvgIpc) is 2.55. The van der Waals surface area contributed by atoms with Gasteiger partial charge in [-0.25, -0.2) is 0 Å². The molecule has 1 amide bonds. The van der Waals surface area contributed by atoms with Gasteiger partial charge in [-0.15, -0.1) is 0 Å². The Bertz CT molecular complexity index is 516. The van der Waals surface area contributed by atoms with Crippen LogP contribution >= 0.6 is 0 Å². The van der Waals surface area contributed by atoms with E-state index in [4.69, 9.17) is 10.00 Å². The van der Waals surface area contributed by atoms with E-state index in [0.29, 0.717) is 24.6 Å². The number of likely N-dealkylation sites (N-methyl/N-ethyl adjacent to an activating group) is 1. The smallest absolute Gasteiger partial charge is 0.225 e. The number of carbonyl (C=O) groups excluding carboxylic acids is 1. The quantitative estimate of drug-likeness (QED) is 0.876. The summed E-state index contributed by atoms with van der Waals surface area (Å²) in [5.74, 6) is -0.0129. The second-order valence-electron chi connectivity index (χ2n) is 5.74. The molecule has 5 nitrogen and oxygen atoms in total. The molecule has 118 valence electrons. The van der Waals surface area contributed by atoms with E-state index in [0.717, 1.165) is 31.7 Å². The van der Waals surface area contributed by atoms with Crippen molar-refractivity contribution in [1.29, 1.82) is 5.26 Å². The maximum atomic E-state index is 11.9. The molecular weight excluding hydrogens is 278 g/mol. The van der Waals surface area contributed by atoms with E-state index < -0.39 is 0 Å². The second kappa shape index (κ2) is 8.52. The van der Waals surface area contributed by atoms with Crippen LogP contribution in [0.15, 0.2) is 24.3 Å². The molecule has 0 spiro atoms. The lowest BCUT2D eigenvalue weighted by Crippen LogP contribution is -2.35. The lowest BCUT2D eigenvalue weighted by atomic mass is 10.1. The molecule has 1 atom stereocenters. The third kappa shape index (κ3) is 5.47. The Morgan fingerprint density at radius 2 is 2.18 bits per heavy atom. The third-order valence-electron chi connectivity index (χ3n) is 3.81. The number of anilines is 1. The van der Waals surface area contributed by atoms with Gasteiger partial charge in [-0.2, -0.15) is 5.26 Å². The first-order chi connectivity index (χ1) is 10.7. The van der Waals surface area contributed by atoms with Crippen molar-refractivity contribution in [1.82, 2.24) is 4.90 Å². The van der Waals surface area contributed by atoms with Crippen LogP contribution in [0, 0.1) is 11.3 Å². The van der Waals surface area contributed by atoms with Gasteiger partial charge in [0, 0.05) is 31.8 Å². The average molecular weight is 301 g/mol. The van der Waals surface area contributed by atoms with Crippen LogP contribution in [0.1, 0.15) is 31.2 Å².